The van der Waals surface area contributed by atoms with Crippen LogP contribution in [0.15, 0.2) is 36.4 Å². The molecule has 1 amide bonds. The van der Waals surface area contributed by atoms with E-state index in [9.17, 15) is 9.18 Å². The van der Waals surface area contributed by atoms with E-state index in [1.54, 1.807) is 18.2 Å². The number of benzene rings is 2. The maximum absolute atomic E-state index is 13.8. The van der Waals surface area contributed by atoms with Crippen LogP contribution < -0.4 is 10.6 Å². The first-order chi connectivity index (χ1) is 10.0. The van der Waals surface area contributed by atoms with Crippen LogP contribution in [-0.2, 0) is 0 Å². The lowest BCUT2D eigenvalue weighted by Crippen LogP contribution is -2.16. The molecular formula is C15H13ClFIN2O. The Labute approximate surface area is 141 Å². The average molecular weight is 419 g/mol. The number of hydrogen-bond donors (Lipinski definition) is 2. The second-order valence-electron chi connectivity index (χ2n) is 4.27. The lowest BCUT2D eigenvalue weighted by molar-refractivity contribution is 0.102. The van der Waals surface area contributed by atoms with Crippen molar-refractivity contribution in [2.75, 3.05) is 17.2 Å². The largest absolute Gasteiger partial charge is 0.382 e. The minimum Gasteiger partial charge on any atom is -0.382 e. The Bertz CT molecular complexity index is 679. The smallest absolute Gasteiger partial charge is 0.257 e. The van der Waals surface area contributed by atoms with Crippen molar-refractivity contribution in [3.8, 4) is 0 Å². The predicted molar refractivity (Wildman–Crippen MR) is 92.7 cm³/mol. The maximum Gasteiger partial charge on any atom is 0.257 e. The molecule has 2 N–H and O–H groups in total. The number of halogens is 3. The molecule has 0 radical (unpaired) electrons. The Morgan fingerprint density at radius 1 is 1.33 bits per heavy atom. The molecular weight excluding hydrogens is 406 g/mol. The third-order valence-corrected chi connectivity index (χ3v) is 3.77. The summed E-state index contributed by atoms with van der Waals surface area (Å²) in [5.41, 5.74) is 0.930. The molecule has 6 heteroatoms. The third kappa shape index (κ3) is 3.85. The molecule has 0 saturated heterocycles. The second kappa shape index (κ2) is 7.09. The summed E-state index contributed by atoms with van der Waals surface area (Å²) in [4.78, 5) is 12.3. The Balaban J connectivity index is 2.30. The fraction of sp³-hybridized carbons (Fsp3) is 0.133. The maximum atomic E-state index is 13.8. The van der Waals surface area contributed by atoms with Gasteiger partial charge in [0, 0.05) is 10.1 Å². The molecule has 0 aliphatic rings. The molecule has 2 aromatic rings. The third-order valence-electron chi connectivity index (χ3n) is 2.79. The van der Waals surface area contributed by atoms with Gasteiger partial charge in [-0.3, -0.25) is 4.79 Å². The summed E-state index contributed by atoms with van der Waals surface area (Å²) in [6.07, 6.45) is 0. The van der Waals surface area contributed by atoms with E-state index in [-0.39, 0.29) is 11.3 Å². The van der Waals surface area contributed by atoms with Gasteiger partial charge in [-0.2, -0.15) is 0 Å². The van der Waals surface area contributed by atoms with Crippen LogP contribution in [0.5, 0.6) is 0 Å². The highest BCUT2D eigenvalue weighted by molar-refractivity contribution is 14.1. The number of rotatable bonds is 4. The number of amides is 1. The van der Waals surface area contributed by atoms with E-state index in [1.807, 2.05) is 13.0 Å². The van der Waals surface area contributed by atoms with Crippen LogP contribution in [0.4, 0.5) is 15.8 Å². The van der Waals surface area contributed by atoms with Crippen LogP contribution in [0.2, 0.25) is 5.02 Å². The molecule has 0 aliphatic heterocycles. The fourth-order valence-electron chi connectivity index (χ4n) is 1.85. The van der Waals surface area contributed by atoms with E-state index in [0.717, 1.165) is 3.57 Å². The SMILES string of the molecule is CCNc1c(F)cccc1C(=O)Nc1ccc(I)cc1Cl. The van der Waals surface area contributed by atoms with Crippen LogP contribution in [0.25, 0.3) is 0 Å². The molecule has 0 aliphatic carbocycles. The summed E-state index contributed by atoms with van der Waals surface area (Å²) < 4.78 is 14.8. The molecule has 0 bridgehead atoms. The number of nitrogens with one attached hydrogen (secondary N) is 2. The van der Waals surface area contributed by atoms with E-state index in [1.165, 1.54) is 12.1 Å². The second-order valence-corrected chi connectivity index (χ2v) is 5.92. The van der Waals surface area contributed by atoms with E-state index in [0.29, 0.717) is 17.3 Å². The van der Waals surface area contributed by atoms with Crippen molar-refractivity contribution >= 4 is 51.5 Å². The van der Waals surface area contributed by atoms with E-state index in [4.69, 9.17) is 11.6 Å². The monoisotopic (exact) mass is 418 g/mol. The highest BCUT2D eigenvalue weighted by Gasteiger charge is 2.15. The number of carbonyl (C=O) groups is 1. The zero-order valence-electron chi connectivity index (χ0n) is 11.2. The van der Waals surface area contributed by atoms with Gasteiger partial charge < -0.3 is 10.6 Å². The van der Waals surface area contributed by atoms with Gasteiger partial charge in [-0.15, -0.1) is 0 Å². The van der Waals surface area contributed by atoms with E-state index < -0.39 is 11.7 Å². The quantitative estimate of drug-likeness (QED) is 0.703. The van der Waals surface area contributed by atoms with Crippen molar-refractivity contribution in [1.29, 1.82) is 0 Å². The number of anilines is 2. The fourth-order valence-corrected chi connectivity index (χ4v) is 2.75. The van der Waals surface area contributed by atoms with Gasteiger partial charge in [0.2, 0.25) is 0 Å². The summed E-state index contributed by atoms with van der Waals surface area (Å²) in [6.45, 7) is 2.36. The molecule has 21 heavy (non-hydrogen) atoms. The summed E-state index contributed by atoms with van der Waals surface area (Å²) in [5, 5.41) is 6.01. The standard InChI is InChI=1S/C15H13ClFIN2O/c1-2-19-14-10(4-3-5-12(14)17)15(21)20-13-7-6-9(18)8-11(13)16/h3-8,19H,2H2,1H3,(H,20,21). The first-order valence-electron chi connectivity index (χ1n) is 6.31. The summed E-state index contributed by atoms with van der Waals surface area (Å²) in [7, 11) is 0. The Morgan fingerprint density at radius 3 is 2.76 bits per heavy atom. The molecule has 0 fully saturated rings. The first-order valence-corrected chi connectivity index (χ1v) is 7.77. The highest BCUT2D eigenvalue weighted by atomic mass is 127. The molecule has 3 nitrogen and oxygen atoms in total. The topological polar surface area (TPSA) is 41.1 Å². The van der Waals surface area contributed by atoms with Gasteiger partial charge >= 0.3 is 0 Å². The van der Waals surface area contributed by atoms with Crippen molar-refractivity contribution < 1.29 is 9.18 Å². The molecule has 0 saturated carbocycles. The van der Waals surface area contributed by atoms with Crippen LogP contribution >= 0.6 is 34.2 Å². The van der Waals surface area contributed by atoms with Gasteiger partial charge in [-0.25, -0.2) is 4.39 Å². The number of para-hydroxylation sites is 1. The summed E-state index contributed by atoms with van der Waals surface area (Å²) >= 11 is 8.22. The molecule has 0 aromatic heterocycles. The number of carbonyl (C=O) groups excluding carboxylic acids is 1. The number of hydrogen-bond acceptors (Lipinski definition) is 2. The van der Waals surface area contributed by atoms with Crippen LogP contribution in [0, 0.1) is 9.39 Å². The minimum absolute atomic E-state index is 0.194. The normalized spacial score (nSPS) is 10.3. The lowest BCUT2D eigenvalue weighted by atomic mass is 10.1. The van der Waals surface area contributed by atoms with Crippen molar-refractivity contribution in [3.05, 3.63) is 56.4 Å². The zero-order valence-corrected chi connectivity index (χ0v) is 14.1. The molecule has 0 spiro atoms. The molecule has 0 atom stereocenters. The molecule has 0 unspecified atom stereocenters. The summed E-state index contributed by atoms with van der Waals surface area (Å²) in [5.74, 6) is -0.869. The average Bonchev–Trinajstić information content (AvgIpc) is 2.44. The minimum atomic E-state index is -0.460. The molecule has 0 heterocycles. The molecule has 2 aromatic carbocycles. The molecule has 110 valence electrons. The van der Waals surface area contributed by atoms with Gasteiger partial charge in [0.25, 0.3) is 5.91 Å². The van der Waals surface area contributed by atoms with E-state index in [2.05, 4.69) is 33.2 Å². The summed E-state index contributed by atoms with van der Waals surface area (Å²) in [6, 6.07) is 9.67. The Morgan fingerprint density at radius 2 is 2.10 bits per heavy atom. The van der Waals surface area contributed by atoms with Gasteiger partial charge in [0.05, 0.1) is 22.0 Å². The van der Waals surface area contributed by atoms with Gasteiger partial charge in [-0.05, 0) is 59.8 Å². The highest BCUT2D eigenvalue weighted by Crippen LogP contribution is 2.26. The van der Waals surface area contributed by atoms with Crippen molar-refractivity contribution in [3.63, 3.8) is 0 Å². The Hall–Kier alpha value is -1.34. The van der Waals surface area contributed by atoms with Crippen molar-refractivity contribution in [1.82, 2.24) is 0 Å². The molecule has 2 rings (SSSR count). The first kappa shape index (κ1) is 16.0. The predicted octanol–water partition coefficient (Wildman–Crippen LogP) is 4.77. The zero-order chi connectivity index (χ0) is 15.4. The van der Waals surface area contributed by atoms with Gasteiger partial charge in [0.1, 0.15) is 5.82 Å². The van der Waals surface area contributed by atoms with Crippen molar-refractivity contribution in [2.45, 2.75) is 6.92 Å². The Kier molecular flexibility index (Phi) is 5.41. The lowest BCUT2D eigenvalue weighted by Gasteiger charge is -2.12. The van der Waals surface area contributed by atoms with Crippen molar-refractivity contribution in [2.24, 2.45) is 0 Å². The van der Waals surface area contributed by atoms with Crippen LogP contribution in [-0.4, -0.2) is 12.5 Å². The van der Waals surface area contributed by atoms with E-state index >= 15 is 0 Å². The van der Waals surface area contributed by atoms with Gasteiger partial charge in [-0.1, -0.05) is 17.7 Å². The van der Waals surface area contributed by atoms with Gasteiger partial charge in [0.15, 0.2) is 0 Å². The van der Waals surface area contributed by atoms with Crippen LogP contribution in [0.3, 0.4) is 0 Å². The van der Waals surface area contributed by atoms with Crippen LogP contribution in [0.1, 0.15) is 17.3 Å².